The Morgan fingerprint density at radius 1 is 1.50 bits per heavy atom. The molecule has 0 saturated carbocycles. The summed E-state index contributed by atoms with van der Waals surface area (Å²) in [6.07, 6.45) is 2.37. The van der Waals surface area contributed by atoms with Gasteiger partial charge in [0.05, 0.1) is 6.61 Å². The molecule has 0 radical (unpaired) electrons. The first-order valence-electron chi connectivity index (χ1n) is 6.84. The molecule has 1 heterocycles. The molecule has 0 fully saturated rings. The van der Waals surface area contributed by atoms with Crippen molar-refractivity contribution in [1.29, 1.82) is 0 Å². The van der Waals surface area contributed by atoms with Gasteiger partial charge in [-0.1, -0.05) is 23.5 Å². The number of H-pyrrole nitrogens is 1. The molecule has 0 aliphatic heterocycles. The Morgan fingerprint density at radius 3 is 3.15 bits per heavy atom. The molecule has 1 atom stereocenters. The van der Waals surface area contributed by atoms with Crippen molar-refractivity contribution in [3.63, 3.8) is 0 Å². The lowest BCUT2D eigenvalue weighted by atomic mass is 9.78. The summed E-state index contributed by atoms with van der Waals surface area (Å²) in [5.74, 6) is 0.850. The Labute approximate surface area is 121 Å². The molecule has 1 aromatic heterocycles. The Balaban J connectivity index is 1.93. The van der Waals surface area contributed by atoms with Crippen molar-refractivity contribution in [1.82, 2.24) is 4.98 Å². The molecule has 4 nitrogen and oxygen atoms in total. The maximum absolute atomic E-state index is 11.4. The van der Waals surface area contributed by atoms with Gasteiger partial charge in [0.1, 0.15) is 5.75 Å². The second-order valence-corrected chi connectivity index (χ2v) is 6.28. The van der Waals surface area contributed by atoms with Crippen LogP contribution in [0.15, 0.2) is 29.1 Å². The van der Waals surface area contributed by atoms with Gasteiger partial charge in [-0.05, 0) is 37.5 Å². The van der Waals surface area contributed by atoms with Crippen molar-refractivity contribution in [3.05, 3.63) is 50.1 Å². The predicted octanol–water partition coefficient (Wildman–Crippen LogP) is 2.18. The topological polar surface area (TPSA) is 68.1 Å². The van der Waals surface area contributed by atoms with Crippen molar-refractivity contribution in [2.24, 2.45) is 5.73 Å². The Morgan fingerprint density at radius 2 is 2.35 bits per heavy atom. The maximum atomic E-state index is 11.4. The van der Waals surface area contributed by atoms with Crippen LogP contribution in [0, 0.1) is 0 Å². The lowest BCUT2D eigenvalue weighted by molar-refractivity contribution is 0.336. The third-order valence-electron chi connectivity index (χ3n) is 3.82. The predicted molar refractivity (Wildman–Crippen MR) is 80.4 cm³/mol. The quantitative estimate of drug-likeness (QED) is 0.910. The van der Waals surface area contributed by atoms with Crippen LogP contribution in [-0.2, 0) is 18.4 Å². The monoisotopic (exact) mass is 290 g/mol. The SMILES string of the molecule is CCOc1cccc(C2(N)CCc3[nH]c(=O)sc3C2)c1. The van der Waals surface area contributed by atoms with E-state index in [0.717, 1.165) is 34.7 Å². The lowest BCUT2D eigenvalue weighted by Crippen LogP contribution is -2.41. The van der Waals surface area contributed by atoms with Gasteiger partial charge >= 0.3 is 4.87 Å². The molecule has 0 amide bonds. The van der Waals surface area contributed by atoms with Crippen molar-refractivity contribution < 1.29 is 4.74 Å². The van der Waals surface area contributed by atoms with Crippen LogP contribution in [0.4, 0.5) is 0 Å². The molecule has 0 spiro atoms. The number of thiazole rings is 1. The van der Waals surface area contributed by atoms with E-state index in [2.05, 4.69) is 4.98 Å². The summed E-state index contributed by atoms with van der Waals surface area (Å²) in [5.41, 5.74) is 8.33. The fraction of sp³-hybridized carbons (Fsp3) is 0.400. The fourth-order valence-electron chi connectivity index (χ4n) is 2.77. The van der Waals surface area contributed by atoms with Gasteiger partial charge in [0.2, 0.25) is 0 Å². The number of hydrogen-bond donors (Lipinski definition) is 2. The van der Waals surface area contributed by atoms with Crippen molar-refractivity contribution in [3.8, 4) is 5.75 Å². The summed E-state index contributed by atoms with van der Waals surface area (Å²) in [4.78, 5) is 15.5. The minimum atomic E-state index is -0.411. The van der Waals surface area contributed by atoms with Gasteiger partial charge in [0.25, 0.3) is 0 Å². The zero-order chi connectivity index (χ0) is 14.2. The van der Waals surface area contributed by atoms with Gasteiger partial charge in [-0.3, -0.25) is 4.79 Å². The van der Waals surface area contributed by atoms with Crippen LogP contribution >= 0.6 is 11.3 Å². The van der Waals surface area contributed by atoms with E-state index >= 15 is 0 Å². The maximum Gasteiger partial charge on any atom is 0.304 e. The van der Waals surface area contributed by atoms with E-state index in [1.54, 1.807) is 0 Å². The van der Waals surface area contributed by atoms with E-state index in [9.17, 15) is 4.79 Å². The molecule has 5 heteroatoms. The van der Waals surface area contributed by atoms with Gasteiger partial charge in [-0.15, -0.1) is 0 Å². The van der Waals surface area contributed by atoms with Crippen LogP contribution in [0.5, 0.6) is 5.75 Å². The van der Waals surface area contributed by atoms with E-state index < -0.39 is 5.54 Å². The largest absolute Gasteiger partial charge is 0.494 e. The third kappa shape index (κ3) is 2.39. The molecular weight excluding hydrogens is 272 g/mol. The van der Waals surface area contributed by atoms with Crippen molar-refractivity contribution in [2.75, 3.05) is 6.61 Å². The van der Waals surface area contributed by atoms with Crippen LogP contribution in [0.1, 0.15) is 29.5 Å². The number of hydrogen-bond acceptors (Lipinski definition) is 4. The summed E-state index contributed by atoms with van der Waals surface area (Å²) < 4.78 is 5.55. The number of ether oxygens (including phenoxy) is 1. The van der Waals surface area contributed by atoms with Gasteiger partial charge in [-0.25, -0.2) is 0 Å². The second kappa shape index (κ2) is 5.07. The number of aromatic amines is 1. The van der Waals surface area contributed by atoms with Gasteiger partial charge < -0.3 is 15.5 Å². The Hall–Kier alpha value is -1.59. The smallest absolute Gasteiger partial charge is 0.304 e. The molecule has 1 aliphatic rings. The highest BCUT2D eigenvalue weighted by Crippen LogP contribution is 2.35. The molecule has 1 aromatic carbocycles. The molecule has 1 unspecified atom stereocenters. The van der Waals surface area contributed by atoms with Crippen molar-refractivity contribution >= 4 is 11.3 Å². The first-order valence-corrected chi connectivity index (χ1v) is 7.65. The third-order valence-corrected chi connectivity index (χ3v) is 4.75. The van der Waals surface area contributed by atoms with Crippen LogP contribution in [-0.4, -0.2) is 11.6 Å². The van der Waals surface area contributed by atoms with E-state index in [-0.39, 0.29) is 4.87 Å². The summed E-state index contributed by atoms with van der Waals surface area (Å²) in [5, 5.41) is 0. The van der Waals surface area contributed by atoms with Crippen LogP contribution < -0.4 is 15.3 Å². The second-order valence-electron chi connectivity index (χ2n) is 5.21. The molecule has 106 valence electrons. The molecular formula is C15H18N2O2S. The summed E-state index contributed by atoms with van der Waals surface area (Å²) in [6, 6.07) is 7.98. The fourth-order valence-corrected chi connectivity index (χ4v) is 3.77. The first kappa shape index (κ1) is 13.4. The highest BCUT2D eigenvalue weighted by atomic mass is 32.1. The van der Waals surface area contributed by atoms with E-state index in [1.165, 1.54) is 11.3 Å². The van der Waals surface area contributed by atoms with Crippen LogP contribution in [0.25, 0.3) is 0 Å². The first-order chi connectivity index (χ1) is 9.60. The molecule has 1 aliphatic carbocycles. The highest BCUT2D eigenvalue weighted by molar-refractivity contribution is 7.09. The summed E-state index contributed by atoms with van der Waals surface area (Å²) in [7, 11) is 0. The molecule has 0 saturated heterocycles. The average Bonchev–Trinajstić information content (AvgIpc) is 2.78. The minimum Gasteiger partial charge on any atom is -0.494 e. The highest BCUT2D eigenvalue weighted by Gasteiger charge is 2.34. The number of rotatable bonds is 3. The van der Waals surface area contributed by atoms with Gasteiger partial charge in [-0.2, -0.15) is 0 Å². The standard InChI is InChI=1S/C15H18N2O2S/c1-2-19-11-5-3-4-10(8-11)15(16)7-6-12-13(9-15)20-14(18)17-12/h3-5,8H,2,6-7,9,16H2,1H3,(H,17,18). The molecule has 0 bridgehead atoms. The van der Waals surface area contributed by atoms with Crippen LogP contribution in [0.2, 0.25) is 0 Å². The van der Waals surface area contributed by atoms with E-state index in [1.807, 2.05) is 31.2 Å². The number of aromatic nitrogens is 1. The summed E-state index contributed by atoms with van der Waals surface area (Å²) >= 11 is 1.28. The Bertz CT molecular complexity index is 677. The van der Waals surface area contributed by atoms with Crippen molar-refractivity contribution in [2.45, 2.75) is 31.7 Å². The molecule has 2 aromatic rings. The number of nitrogens with one attached hydrogen (secondary N) is 1. The van der Waals surface area contributed by atoms with Gasteiger partial charge in [0, 0.05) is 22.5 Å². The van der Waals surface area contributed by atoms with Crippen LogP contribution in [0.3, 0.4) is 0 Å². The van der Waals surface area contributed by atoms with E-state index in [4.69, 9.17) is 10.5 Å². The van der Waals surface area contributed by atoms with Gasteiger partial charge in [0.15, 0.2) is 0 Å². The Kier molecular flexibility index (Phi) is 3.40. The normalized spacial score (nSPS) is 21.5. The zero-order valence-corrected chi connectivity index (χ0v) is 12.3. The lowest BCUT2D eigenvalue weighted by Gasteiger charge is -2.33. The summed E-state index contributed by atoms with van der Waals surface area (Å²) in [6.45, 7) is 2.61. The number of aryl methyl sites for hydroxylation is 1. The van der Waals surface area contributed by atoms with E-state index in [0.29, 0.717) is 13.0 Å². The number of nitrogens with two attached hydrogens (primary N) is 1. The number of benzene rings is 1. The molecule has 20 heavy (non-hydrogen) atoms. The molecule has 3 N–H and O–H groups in total. The average molecular weight is 290 g/mol. The number of fused-ring (bicyclic) bond motifs is 1. The minimum absolute atomic E-state index is 0.0160. The molecule has 3 rings (SSSR count). The zero-order valence-electron chi connectivity index (χ0n) is 11.4.